The van der Waals surface area contributed by atoms with Gasteiger partial charge in [-0.2, -0.15) is 0 Å². The number of rotatable bonds is 6. The summed E-state index contributed by atoms with van der Waals surface area (Å²) >= 11 is 0. The molecular weight excluding hydrogens is 198 g/mol. The normalized spacial score (nSPS) is 9.81. The maximum Gasteiger partial charge on any atom is 0.219 e. The number of hydrogen-bond acceptors (Lipinski definition) is 1. The molecule has 16 heavy (non-hydrogen) atoms. The van der Waals surface area contributed by atoms with Crippen LogP contribution in [0.1, 0.15) is 30.9 Å². The van der Waals surface area contributed by atoms with E-state index >= 15 is 0 Å². The molecule has 2 heteroatoms. The van der Waals surface area contributed by atoms with Crippen molar-refractivity contribution in [3.63, 3.8) is 0 Å². The third-order valence-electron chi connectivity index (χ3n) is 2.43. The Labute approximate surface area is 97.4 Å². The molecule has 0 aliphatic rings. The van der Waals surface area contributed by atoms with Crippen molar-refractivity contribution in [2.45, 2.75) is 26.2 Å². The lowest BCUT2D eigenvalue weighted by Crippen LogP contribution is -2.25. The zero-order valence-electron chi connectivity index (χ0n) is 9.83. The number of amides is 1. The first-order valence-electron chi connectivity index (χ1n) is 5.74. The minimum atomic E-state index is 0.144. The summed E-state index contributed by atoms with van der Waals surface area (Å²) in [5.41, 5.74) is 2.36. The second kappa shape index (κ2) is 6.83. The Balaban J connectivity index is 2.31. The molecule has 1 N–H and O–H groups in total. The monoisotopic (exact) mass is 217 g/mol. The van der Waals surface area contributed by atoms with Gasteiger partial charge in [-0.25, -0.2) is 0 Å². The van der Waals surface area contributed by atoms with Crippen LogP contribution in [0.25, 0.3) is 6.08 Å². The van der Waals surface area contributed by atoms with Crippen LogP contribution >= 0.6 is 0 Å². The number of nitrogens with one attached hydrogen (secondary N) is 1. The highest BCUT2D eigenvalue weighted by molar-refractivity contribution is 5.75. The highest BCUT2D eigenvalue weighted by Gasteiger charge is 1.98. The van der Waals surface area contributed by atoms with Gasteiger partial charge >= 0.3 is 0 Å². The molecule has 0 saturated heterocycles. The van der Waals surface area contributed by atoms with Crippen LogP contribution in [-0.2, 0) is 11.2 Å². The quantitative estimate of drug-likeness (QED) is 0.780. The predicted molar refractivity (Wildman–Crippen MR) is 68.2 cm³/mol. The van der Waals surface area contributed by atoms with Gasteiger partial charge in [0.2, 0.25) is 5.91 Å². The Kier molecular flexibility index (Phi) is 5.34. The molecule has 0 radical (unpaired) electrons. The van der Waals surface area contributed by atoms with Gasteiger partial charge in [0.05, 0.1) is 0 Å². The molecule has 1 rings (SSSR count). The third kappa shape index (κ3) is 4.30. The predicted octanol–water partition coefficient (Wildman–Crippen LogP) is 2.79. The standard InChI is InChI=1S/C14H19NO/c1-3-5-14(16)15-11-10-13-8-6-12(4-2)7-9-13/h4,6-9H,2-3,5,10-11H2,1H3,(H,15,16). The van der Waals surface area contributed by atoms with E-state index in [0.717, 1.165) is 18.4 Å². The molecule has 0 bridgehead atoms. The summed E-state index contributed by atoms with van der Waals surface area (Å²) in [6.45, 7) is 6.43. The average molecular weight is 217 g/mol. The van der Waals surface area contributed by atoms with Gasteiger partial charge in [0.1, 0.15) is 0 Å². The molecule has 1 aromatic carbocycles. The van der Waals surface area contributed by atoms with E-state index < -0.39 is 0 Å². The van der Waals surface area contributed by atoms with E-state index in [1.54, 1.807) is 0 Å². The van der Waals surface area contributed by atoms with E-state index in [4.69, 9.17) is 0 Å². The minimum Gasteiger partial charge on any atom is -0.356 e. The number of carbonyl (C=O) groups is 1. The van der Waals surface area contributed by atoms with E-state index in [-0.39, 0.29) is 5.91 Å². The molecule has 0 unspecified atom stereocenters. The maximum atomic E-state index is 11.2. The number of hydrogen-bond donors (Lipinski definition) is 1. The molecule has 86 valence electrons. The van der Waals surface area contributed by atoms with Gasteiger partial charge in [-0.1, -0.05) is 43.8 Å². The summed E-state index contributed by atoms with van der Waals surface area (Å²) in [6, 6.07) is 8.22. The molecule has 0 atom stereocenters. The van der Waals surface area contributed by atoms with Crippen molar-refractivity contribution in [1.29, 1.82) is 0 Å². The molecule has 0 spiro atoms. The summed E-state index contributed by atoms with van der Waals surface area (Å²) in [4.78, 5) is 11.2. The van der Waals surface area contributed by atoms with E-state index in [9.17, 15) is 4.79 Å². The van der Waals surface area contributed by atoms with Crippen LogP contribution in [0, 0.1) is 0 Å². The van der Waals surface area contributed by atoms with E-state index in [1.807, 2.05) is 25.1 Å². The van der Waals surface area contributed by atoms with Gasteiger partial charge in [-0.05, 0) is 24.0 Å². The Morgan fingerprint density at radius 2 is 2.06 bits per heavy atom. The Morgan fingerprint density at radius 1 is 1.38 bits per heavy atom. The van der Waals surface area contributed by atoms with Crippen LogP contribution in [-0.4, -0.2) is 12.5 Å². The van der Waals surface area contributed by atoms with Gasteiger partial charge in [0, 0.05) is 13.0 Å². The van der Waals surface area contributed by atoms with Crippen molar-refractivity contribution >= 4 is 12.0 Å². The molecule has 0 fully saturated rings. The van der Waals surface area contributed by atoms with E-state index in [1.165, 1.54) is 5.56 Å². The molecular formula is C14H19NO. The number of carbonyl (C=O) groups excluding carboxylic acids is 1. The fourth-order valence-corrected chi connectivity index (χ4v) is 1.48. The zero-order chi connectivity index (χ0) is 11.8. The van der Waals surface area contributed by atoms with Crippen molar-refractivity contribution in [2.75, 3.05) is 6.54 Å². The van der Waals surface area contributed by atoms with E-state index in [0.29, 0.717) is 13.0 Å². The molecule has 0 aliphatic carbocycles. The molecule has 0 saturated carbocycles. The zero-order valence-corrected chi connectivity index (χ0v) is 9.83. The Morgan fingerprint density at radius 3 is 2.62 bits per heavy atom. The van der Waals surface area contributed by atoms with Crippen molar-refractivity contribution in [2.24, 2.45) is 0 Å². The smallest absolute Gasteiger partial charge is 0.219 e. The second-order valence-electron chi connectivity index (χ2n) is 3.80. The molecule has 0 aliphatic heterocycles. The lowest BCUT2D eigenvalue weighted by atomic mass is 10.1. The van der Waals surface area contributed by atoms with Gasteiger partial charge in [-0.15, -0.1) is 0 Å². The SMILES string of the molecule is C=Cc1ccc(CCNC(=O)CCC)cc1. The molecule has 2 nitrogen and oxygen atoms in total. The first kappa shape index (κ1) is 12.5. The highest BCUT2D eigenvalue weighted by Crippen LogP contribution is 2.05. The molecule has 0 heterocycles. The fraction of sp³-hybridized carbons (Fsp3) is 0.357. The van der Waals surface area contributed by atoms with Crippen LogP contribution < -0.4 is 5.32 Å². The first-order valence-corrected chi connectivity index (χ1v) is 5.74. The molecule has 0 aromatic heterocycles. The Hall–Kier alpha value is -1.57. The summed E-state index contributed by atoms with van der Waals surface area (Å²) in [5.74, 6) is 0.144. The van der Waals surface area contributed by atoms with Crippen molar-refractivity contribution < 1.29 is 4.79 Å². The summed E-state index contributed by atoms with van der Waals surface area (Å²) in [5, 5.41) is 2.90. The second-order valence-corrected chi connectivity index (χ2v) is 3.80. The van der Waals surface area contributed by atoms with Crippen LogP contribution in [0.15, 0.2) is 30.8 Å². The lowest BCUT2D eigenvalue weighted by Gasteiger charge is -2.04. The van der Waals surface area contributed by atoms with Crippen molar-refractivity contribution in [3.8, 4) is 0 Å². The highest BCUT2D eigenvalue weighted by atomic mass is 16.1. The maximum absolute atomic E-state index is 11.2. The summed E-state index contributed by atoms with van der Waals surface area (Å²) < 4.78 is 0. The summed E-state index contributed by atoms with van der Waals surface area (Å²) in [6.07, 6.45) is 4.23. The molecule has 1 aromatic rings. The minimum absolute atomic E-state index is 0.144. The van der Waals surface area contributed by atoms with E-state index in [2.05, 4.69) is 24.0 Å². The van der Waals surface area contributed by atoms with Crippen LogP contribution in [0.5, 0.6) is 0 Å². The van der Waals surface area contributed by atoms with Crippen molar-refractivity contribution in [3.05, 3.63) is 42.0 Å². The Bertz CT molecular complexity index is 340. The van der Waals surface area contributed by atoms with Gasteiger partial charge < -0.3 is 5.32 Å². The van der Waals surface area contributed by atoms with Crippen molar-refractivity contribution in [1.82, 2.24) is 5.32 Å². The van der Waals surface area contributed by atoms with Crippen LogP contribution in [0.2, 0.25) is 0 Å². The van der Waals surface area contributed by atoms with Gasteiger partial charge in [-0.3, -0.25) is 4.79 Å². The first-order chi connectivity index (χ1) is 7.76. The summed E-state index contributed by atoms with van der Waals surface area (Å²) in [7, 11) is 0. The largest absolute Gasteiger partial charge is 0.356 e. The third-order valence-corrected chi connectivity index (χ3v) is 2.43. The van der Waals surface area contributed by atoms with Crippen LogP contribution in [0.4, 0.5) is 0 Å². The topological polar surface area (TPSA) is 29.1 Å². The van der Waals surface area contributed by atoms with Gasteiger partial charge in [0.25, 0.3) is 0 Å². The average Bonchev–Trinajstić information content (AvgIpc) is 2.30. The fourth-order valence-electron chi connectivity index (χ4n) is 1.48. The van der Waals surface area contributed by atoms with Gasteiger partial charge in [0.15, 0.2) is 0 Å². The molecule has 1 amide bonds. The lowest BCUT2D eigenvalue weighted by molar-refractivity contribution is -0.121. The van der Waals surface area contributed by atoms with Crippen LogP contribution in [0.3, 0.4) is 0 Å². The number of benzene rings is 1.